The summed E-state index contributed by atoms with van der Waals surface area (Å²) in [5.74, 6) is -0.967. The SMILES string of the molecule is CC(=O)OC[C@@]1([C@H](OC(C)=O)[C@@H](C)[C@H](C)[C@](C)(O)COC(C)=O)O[C@]12[C@@H](O)C[C@H]1[C@@H]3CC[C@H]4CC(=O)CC[C@]4(C)[C@H]3CC[C@@]12C. The number of esters is 3. The van der Waals surface area contributed by atoms with Crippen molar-refractivity contribution in [3.8, 4) is 0 Å². The Morgan fingerprint density at radius 1 is 1.00 bits per heavy atom. The van der Waals surface area contributed by atoms with Crippen molar-refractivity contribution in [1.29, 1.82) is 0 Å². The number of ether oxygens (including phenoxy) is 4. The van der Waals surface area contributed by atoms with Gasteiger partial charge in [-0.25, -0.2) is 0 Å². The Balaban J connectivity index is 1.52. The highest BCUT2D eigenvalue weighted by Gasteiger charge is 2.88. The van der Waals surface area contributed by atoms with E-state index in [9.17, 15) is 29.4 Å². The Morgan fingerprint density at radius 2 is 1.67 bits per heavy atom. The fraction of sp³-hybridized carbons (Fsp3) is 0.886. The third-order valence-corrected chi connectivity index (χ3v) is 13.7. The summed E-state index contributed by atoms with van der Waals surface area (Å²) in [6.07, 6.45) is 4.62. The van der Waals surface area contributed by atoms with Crippen LogP contribution in [-0.4, -0.2) is 76.1 Å². The predicted molar refractivity (Wildman–Crippen MR) is 162 cm³/mol. The highest BCUT2D eigenvalue weighted by atomic mass is 16.7. The normalized spacial score (nSPS) is 43.5. The smallest absolute Gasteiger partial charge is 0.303 e. The summed E-state index contributed by atoms with van der Waals surface area (Å²) in [7, 11) is 0. The molecule has 2 N–H and O–H groups in total. The second kappa shape index (κ2) is 11.6. The molecular weight excluding hydrogens is 580 g/mol. The lowest BCUT2D eigenvalue weighted by atomic mass is 9.44. The van der Waals surface area contributed by atoms with Crippen molar-refractivity contribution in [2.45, 2.75) is 136 Å². The van der Waals surface area contributed by atoms with Gasteiger partial charge in [-0.3, -0.25) is 19.2 Å². The van der Waals surface area contributed by atoms with E-state index in [1.807, 2.05) is 6.92 Å². The lowest BCUT2D eigenvalue weighted by molar-refractivity contribution is -0.168. The Kier molecular flexibility index (Phi) is 8.83. The number of carbonyl (C=O) groups excluding carboxylic acids is 4. The van der Waals surface area contributed by atoms with Gasteiger partial charge in [0, 0.05) is 44.9 Å². The summed E-state index contributed by atoms with van der Waals surface area (Å²) in [6.45, 7) is 13.2. The van der Waals surface area contributed by atoms with E-state index in [1.165, 1.54) is 20.8 Å². The highest BCUT2D eigenvalue weighted by Crippen LogP contribution is 2.77. The van der Waals surface area contributed by atoms with Crippen LogP contribution >= 0.6 is 0 Å². The average molecular weight is 635 g/mol. The summed E-state index contributed by atoms with van der Waals surface area (Å²) in [5, 5.41) is 23.5. The largest absolute Gasteiger partial charge is 0.463 e. The zero-order chi connectivity index (χ0) is 33.3. The van der Waals surface area contributed by atoms with Crippen molar-refractivity contribution >= 4 is 23.7 Å². The average Bonchev–Trinajstić information content (AvgIpc) is 3.60. The first kappa shape index (κ1) is 34.3. The number of aliphatic hydroxyl groups excluding tert-OH is 1. The van der Waals surface area contributed by atoms with Gasteiger partial charge in [0.1, 0.15) is 30.7 Å². The first-order valence-corrected chi connectivity index (χ1v) is 16.9. The van der Waals surface area contributed by atoms with Gasteiger partial charge in [-0.05, 0) is 80.5 Å². The van der Waals surface area contributed by atoms with Gasteiger partial charge in [-0.1, -0.05) is 27.7 Å². The zero-order valence-electron chi connectivity index (χ0n) is 28.4. The molecule has 4 aliphatic carbocycles. The number of rotatable bonds is 9. The van der Waals surface area contributed by atoms with E-state index < -0.39 is 64.2 Å². The Hall–Kier alpha value is -2.04. The van der Waals surface area contributed by atoms with Crippen molar-refractivity contribution in [2.24, 2.45) is 46.3 Å². The van der Waals surface area contributed by atoms with Crippen LogP contribution in [0.4, 0.5) is 0 Å². The fourth-order valence-corrected chi connectivity index (χ4v) is 11.0. The van der Waals surface area contributed by atoms with Gasteiger partial charge in [0.15, 0.2) is 5.60 Å². The van der Waals surface area contributed by atoms with Gasteiger partial charge in [0.05, 0.1) is 11.7 Å². The third kappa shape index (κ3) is 5.25. The minimum atomic E-state index is -1.47. The van der Waals surface area contributed by atoms with Crippen LogP contribution in [-0.2, 0) is 38.1 Å². The lowest BCUT2D eigenvalue weighted by Crippen LogP contribution is -2.59. The van der Waals surface area contributed by atoms with Crippen LogP contribution in [0.25, 0.3) is 0 Å². The number of epoxide rings is 1. The van der Waals surface area contributed by atoms with Crippen LogP contribution in [0.3, 0.4) is 0 Å². The number of carbonyl (C=O) groups is 4. The molecule has 1 saturated heterocycles. The minimum Gasteiger partial charge on any atom is -0.463 e. The monoisotopic (exact) mass is 634 g/mol. The van der Waals surface area contributed by atoms with Gasteiger partial charge in [-0.15, -0.1) is 0 Å². The van der Waals surface area contributed by atoms with Crippen LogP contribution in [0.5, 0.6) is 0 Å². The van der Waals surface area contributed by atoms with Crippen molar-refractivity contribution in [3.05, 3.63) is 0 Å². The number of hydrogen-bond acceptors (Lipinski definition) is 10. The Morgan fingerprint density at radius 3 is 2.29 bits per heavy atom. The van der Waals surface area contributed by atoms with Gasteiger partial charge < -0.3 is 29.2 Å². The van der Waals surface area contributed by atoms with Crippen LogP contribution in [0, 0.1) is 46.3 Å². The molecule has 5 rings (SSSR count). The van der Waals surface area contributed by atoms with Crippen molar-refractivity contribution < 1.29 is 48.3 Å². The maximum Gasteiger partial charge on any atom is 0.303 e. The molecule has 254 valence electrons. The molecule has 1 spiro atoms. The molecule has 0 amide bonds. The maximum atomic E-state index is 12.7. The van der Waals surface area contributed by atoms with Crippen molar-refractivity contribution in [3.63, 3.8) is 0 Å². The Labute approximate surface area is 267 Å². The summed E-state index contributed by atoms with van der Waals surface area (Å²) in [4.78, 5) is 48.9. The molecule has 0 radical (unpaired) electrons. The summed E-state index contributed by atoms with van der Waals surface area (Å²) >= 11 is 0. The standard InChI is InChI=1S/C35H54O10/c1-19(20(2)33(8,41)17-42-21(3)36)30(44-23(5)38)34(18-43-22(4)37)35(45-34)29(40)16-28-26-10-9-24-15-25(39)11-13-31(24,6)27(26)12-14-32(28,35)7/h19-20,24,26-30,40-41H,9-18H2,1-8H3/t19-,20-,24-,26+,27-,28-,29-,30+,31-,32-,33+,34-,35-/m0/s1. The van der Waals surface area contributed by atoms with Crippen LogP contribution in [0.2, 0.25) is 0 Å². The number of aliphatic hydroxyl groups is 2. The molecule has 0 aromatic heterocycles. The zero-order valence-corrected chi connectivity index (χ0v) is 28.4. The first-order valence-electron chi connectivity index (χ1n) is 16.9. The third-order valence-electron chi connectivity index (χ3n) is 13.7. The summed E-state index contributed by atoms with van der Waals surface area (Å²) in [6, 6.07) is 0. The van der Waals surface area contributed by atoms with Crippen LogP contribution in [0.15, 0.2) is 0 Å². The molecule has 5 fully saturated rings. The molecule has 0 aromatic carbocycles. The molecule has 0 unspecified atom stereocenters. The number of fused-ring (bicyclic) bond motifs is 6. The minimum absolute atomic E-state index is 0.0931. The van der Waals surface area contributed by atoms with E-state index >= 15 is 0 Å². The molecule has 1 aliphatic heterocycles. The van der Waals surface area contributed by atoms with E-state index in [-0.39, 0.29) is 24.5 Å². The molecule has 0 bridgehead atoms. The lowest BCUT2D eigenvalue weighted by Gasteiger charge is -2.60. The van der Waals surface area contributed by atoms with E-state index in [0.29, 0.717) is 42.8 Å². The highest BCUT2D eigenvalue weighted by molar-refractivity contribution is 5.79. The van der Waals surface area contributed by atoms with E-state index in [2.05, 4.69) is 13.8 Å². The summed E-state index contributed by atoms with van der Waals surface area (Å²) < 4.78 is 23.7. The Bertz CT molecular complexity index is 1210. The van der Waals surface area contributed by atoms with Crippen molar-refractivity contribution in [2.75, 3.05) is 13.2 Å². The van der Waals surface area contributed by atoms with E-state index in [0.717, 1.165) is 32.1 Å². The van der Waals surface area contributed by atoms with Gasteiger partial charge in [0.2, 0.25) is 0 Å². The summed E-state index contributed by atoms with van der Waals surface area (Å²) in [5.41, 5.74) is -4.36. The van der Waals surface area contributed by atoms with Gasteiger partial charge in [-0.2, -0.15) is 0 Å². The second-order valence-corrected chi connectivity index (χ2v) is 15.9. The molecule has 5 aliphatic rings. The number of ketones is 1. The quantitative estimate of drug-likeness (QED) is 0.215. The molecule has 0 aromatic rings. The predicted octanol–water partition coefficient (Wildman–Crippen LogP) is 4.16. The molecule has 4 saturated carbocycles. The molecule has 13 atom stereocenters. The van der Waals surface area contributed by atoms with Crippen LogP contribution in [0.1, 0.15) is 107 Å². The van der Waals surface area contributed by atoms with E-state index in [4.69, 9.17) is 18.9 Å². The first-order chi connectivity index (χ1) is 20.9. The maximum absolute atomic E-state index is 12.7. The van der Waals surface area contributed by atoms with Gasteiger partial charge >= 0.3 is 17.9 Å². The molecule has 45 heavy (non-hydrogen) atoms. The number of hydrogen-bond donors (Lipinski definition) is 2. The molecule has 10 nitrogen and oxygen atoms in total. The fourth-order valence-electron chi connectivity index (χ4n) is 11.0. The second-order valence-electron chi connectivity index (χ2n) is 15.9. The van der Waals surface area contributed by atoms with Crippen LogP contribution < -0.4 is 0 Å². The number of Topliss-reactive ketones (excluding diaryl/α,β-unsaturated/α-hetero) is 1. The van der Waals surface area contributed by atoms with Crippen molar-refractivity contribution in [1.82, 2.24) is 0 Å². The molecule has 1 heterocycles. The van der Waals surface area contributed by atoms with E-state index in [1.54, 1.807) is 13.8 Å². The molecular formula is C35H54O10. The van der Waals surface area contributed by atoms with Gasteiger partial charge in [0.25, 0.3) is 0 Å². The molecule has 10 heteroatoms. The topological polar surface area (TPSA) is 149 Å².